The minimum Gasteiger partial charge on any atom is -0.351 e. The van der Waals surface area contributed by atoms with Crippen LogP contribution in [0.3, 0.4) is 0 Å². The van der Waals surface area contributed by atoms with Gasteiger partial charge in [0.1, 0.15) is 0 Å². The summed E-state index contributed by atoms with van der Waals surface area (Å²) in [5, 5.41) is 8.84. The van der Waals surface area contributed by atoms with Crippen molar-refractivity contribution in [2.75, 3.05) is 0 Å². The van der Waals surface area contributed by atoms with Crippen molar-refractivity contribution in [2.24, 2.45) is 7.05 Å². The lowest BCUT2D eigenvalue weighted by atomic mass is 10.1. The largest absolute Gasteiger partial charge is 0.451 e. The van der Waals surface area contributed by atoms with Crippen LogP contribution < -0.4 is 5.32 Å². The number of aromatic nitrogens is 3. The fourth-order valence-electron chi connectivity index (χ4n) is 1.91. The Morgan fingerprint density at radius 1 is 1.29 bits per heavy atom. The van der Waals surface area contributed by atoms with E-state index in [0.29, 0.717) is 6.54 Å². The van der Waals surface area contributed by atoms with Crippen LogP contribution in [0.15, 0.2) is 29.4 Å². The summed E-state index contributed by atoms with van der Waals surface area (Å²) < 4.78 is 38.9. The van der Waals surface area contributed by atoms with Crippen LogP contribution in [0, 0.1) is 6.92 Å². The number of alkyl halides is 3. The molecule has 0 radical (unpaired) electrons. The predicted octanol–water partition coefficient (Wildman–Crippen LogP) is 2.94. The van der Waals surface area contributed by atoms with E-state index in [2.05, 4.69) is 15.5 Å². The highest BCUT2D eigenvalue weighted by molar-refractivity contribution is 8.00. The molecule has 5 nitrogen and oxygen atoms in total. The molecule has 0 spiro atoms. The van der Waals surface area contributed by atoms with Crippen molar-refractivity contribution < 1.29 is 18.0 Å². The highest BCUT2D eigenvalue weighted by Gasteiger charge is 2.37. The quantitative estimate of drug-likeness (QED) is 0.835. The molecule has 0 aliphatic rings. The number of amides is 1. The molecule has 130 valence electrons. The number of rotatable bonds is 5. The zero-order chi connectivity index (χ0) is 17.9. The molecule has 0 saturated carbocycles. The molecule has 1 amide bonds. The first-order chi connectivity index (χ1) is 11.2. The van der Waals surface area contributed by atoms with Gasteiger partial charge in [-0.15, -0.1) is 10.2 Å². The fourth-order valence-corrected chi connectivity index (χ4v) is 2.75. The van der Waals surface area contributed by atoms with Gasteiger partial charge in [0.05, 0.1) is 5.25 Å². The van der Waals surface area contributed by atoms with Gasteiger partial charge in [0.25, 0.3) is 0 Å². The summed E-state index contributed by atoms with van der Waals surface area (Å²) in [4.78, 5) is 12.1. The van der Waals surface area contributed by atoms with Gasteiger partial charge >= 0.3 is 6.18 Å². The number of aryl methyl sites for hydroxylation is 1. The summed E-state index contributed by atoms with van der Waals surface area (Å²) in [6.45, 7) is 3.94. The monoisotopic (exact) mass is 358 g/mol. The van der Waals surface area contributed by atoms with Crippen molar-refractivity contribution in [1.29, 1.82) is 0 Å². The second-order valence-electron chi connectivity index (χ2n) is 5.33. The molecule has 0 unspecified atom stereocenters. The SMILES string of the molecule is Cc1ccc(CNC(=O)[C@@H](C)Sc2nnc(C(F)(F)F)n2C)cc1. The molecule has 0 bridgehead atoms. The lowest BCUT2D eigenvalue weighted by Gasteiger charge is -2.12. The number of carbonyl (C=O) groups is 1. The molecule has 0 saturated heterocycles. The van der Waals surface area contributed by atoms with E-state index in [1.54, 1.807) is 6.92 Å². The van der Waals surface area contributed by atoms with Gasteiger partial charge in [-0.05, 0) is 19.4 Å². The molecule has 1 N–H and O–H groups in total. The Morgan fingerprint density at radius 2 is 1.92 bits per heavy atom. The van der Waals surface area contributed by atoms with E-state index in [9.17, 15) is 18.0 Å². The molecular weight excluding hydrogens is 341 g/mol. The molecule has 2 rings (SSSR count). The zero-order valence-electron chi connectivity index (χ0n) is 13.4. The smallest absolute Gasteiger partial charge is 0.351 e. The minimum absolute atomic E-state index is 0.0420. The minimum atomic E-state index is -4.57. The number of halogens is 3. The zero-order valence-corrected chi connectivity index (χ0v) is 14.2. The Balaban J connectivity index is 1.94. The normalized spacial score (nSPS) is 12.9. The van der Waals surface area contributed by atoms with Crippen LogP contribution in [0.4, 0.5) is 13.2 Å². The maximum absolute atomic E-state index is 12.7. The second-order valence-corrected chi connectivity index (χ2v) is 6.63. The van der Waals surface area contributed by atoms with E-state index in [4.69, 9.17) is 0 Å². The Kier molecular flexibility index (Phi) is 5.53. The number of hydrogen-bond acceptors (Lipinski definition) is 4. The standard InChI is InChI=1S/C15H17F3N4OS/c1-9-4-6-11(7-5-9)8-19-12(23)10(2)24-14-21-20-13(22(14)3)15(16,17)18/h4-7,10H,8H2,1-3H3,(H,19,23)/t10-/m1/s1. The molecule has 1 aromatic carbocycles. The van der Waals surface area contributed by atoms with Gasteiger partial charge in [-0.1, -0.05) is 41.6 Å². The van der Waals surface area contributed by atoms with Gasteiger partial charge in [-0.3, -0.25) is 4.79 Å². The average molecular weight is 358 g/mol. The molecule has 1 atom stereocenters. The molecular formula is C15H17F3N4OS. The van der Waals surface area contributed by atoms with Crippen LogP contribution in [0.5, 0.6) is 0 Å². The van der Waals surface area contributed by atoms with E-state index < -0.39 is 17.3 Å². The first-order valence-electron chi connectivity index (χ1n) is 7.15. The third-order valence-corrected chi connectivity index (χ3v) is 4.46. The number of hydrogen-bond donors (Lipinski definition) is 1. The van der Waals surface area contributed by atoms with E-state index >= 15 is 0 Å². The topological polar surface area (TPSA) is 59.8 Å². The van der Waals surface area contributed by atoms with Crippen LogP contribution >= 0.6 is 11.8 Å². The van der Waals surface area contributed by atoms with Crippen LogP contribution in [-0.2, 0) is 24.6 Å². The first kappa shape index (κ1) is 18.3. The third-order valence-electron chi connectivity index (χ3n) is 3.33. The van der Waals surface area contributed by atoms with Gasteiger partial charge < -0.3 is 9.88 Å². The molecule has 0 aliphatic carbocycles. The van der Waals surface area contributed by atoms with Crippen molar-refractivity contribution in [3.8, 4) is 0 Å². The number of thioether (sulfide) groups is 1. The fraction of sp³-hybridized carbons (Fsp3) is 0.400. The lowest BCUT2D eigenvalue weighted by Crippen LogP contribution is -2.30. The summed E-state index contributed by atoms with van der Waals surface area (Å²) in [5.41, 5.74) is 2.07. The molecule has 0 aliphatic heterocycles. The third kappa shape index (κ3) is 4.50. The van der Waals surface area contributed by atoms with Gasteiger partial charge in [0.15, 0.2) is 5.16 Å². The highest BCUT2D eigenvalue weighted by Crippen LogP contribution is 2.30. The number of nitrogens with zero attached hydrogens (tertiary/aromatic N) is 3. The predicted molar refractivity (Wildman–Crippen MR) is 84.3 cm³/mol. The molecule has 2 aromatic rings. The van der Waals surface area contributed by atoms with Gasteiger partial charge in [0, 0.05) is 13.6 Å². The Morgan fingerprint density at radius 3 is 2.46 bits per heavy atom. The second kappa shape index (κ2) is 7.25. The van der Waals surface area contributed by atoms with Crippen molar-refractivity contribution in [1.82, 2.24) is 20.1 Å². The van der Waals surface area contributed by atoms with Crippen LogP contribution in [0.1, 0.15) is 23.9 Å². The molecule has 9 heteroatoms. The molecule has 1 aromatic heterocycles. The Hall–Kier alpha value is -2.03. The van der Waals surface area contributed by atoms with Crippen molar-refractivity contribution >= 4 is 17.7 Å². The van der Waals surface area contributed by atoms with Crippen molar-refractivity contribution in [2.45, 2.75) is 37.0 Å². The Bertz CT molecular complexity index is 712. The first-order valence-corrected chi connectivity index (χ1v) is 8.03. The molecule has 1 heterocycles. The highest BCUT2D eigenvalue weighted by atomic mass is 32.2. The maximum atomic E-state index is 12.7. The maximum Gasteiger partial charge on any atom is 0.451 e. The van der Waals surface area contributed by atoms with Crippen molar-refractivity contribution in [3.63, 3.8) is 0 Å². The number of nitrogens with one attached hydrogen (secondary N) is 1. The number of carbonyl (C=O) groups excluding carboxylic acids is 1. The van der Waals surface area contributed by atoms with Gasteiger partial charge in [-0.2, -0.15) is 13.2 Å². The molecule has 0 fully saturated rings. The average Bonchev–Trinajstić information content (AvgIpc) is 2.87. The Labute approximate surface area is 141 Å². The van der Waals surface area contributed by atoms with Crippen LogP contribution in [-0.4, -0.2) is 25.9 Å². The van der Waals surface area contributed by atoms with Crippen molar-refractivity contribution in [3.05, 3.63) is 41.2 Å². The van der Waals surface area contributed by atoms with Gasteiger partial charge in [-0.25, -0.2) is 0 Å². The summed E-state index contributed by atoms with van der Waals surface area (Å²) in [5.74, 6) is -1.37. The summed E-state index contributed by atoms with van der Waals surface area (Å²) >= 11 is 0.930. The van der Waals surface area contributed by atoms with Gasteiger partial charge in [0.2, 0.25) is 11.7 Å². The van der Waals surface area contributed by atoms with E-state index in [1.165, 1.54) is 7.05 Å². The summed E-state index contributed by atoms with van der Waals surface area (Å²) in [6.07, 6.45) is -4.57. The lowest BCUT2D eigenvalue weighted by molar-refractivity contribution is -0.147. The van der Waals surface area contributed by atoms with E-state index in [1.807, 2.05) is 31.2 Å². The van der Waals surface area contributed by atoms with Crippen LogP contribution in [0.25, 0.3) is 0 Å². The summed E-state index contributed by atoms with van der Waals surface area (Å²) in [7, 11) is 1.22. The number of benzene rings is 1. The molecule has 24 heavy (non-hydrogen) atoms. The van der Waals surface area contributed by atoms with E-state index in [0.717, 1.165) is 27.5 Å². The van der Waals surface area contributed by atoms with E-state index in [-0.39, 0.29) is 11.1 Å². The van der Waals surface area contributed by atoms with Crippen LogP contribution in [0.2, 0.25) is 0 Å². The summed E-state index contributed by atoms with van der Waals surface area (Å²) in [6, 6.07) is 7.70.